The zero-order chi connectivity index (χ0) is 13.6. The van der Waals surface area contributed by atoms with Crippen molar-refractivity contribution in [1.82, 2.24) is 13.1 Å². The first-order chi connectivity index (χ1) is 9.00. The zero-order valence-corrected chi connectivity index (χ0v) is 12.7. The minimum absolute atomic E-state index is 0. The fraction of sp³-hybridized carbons (Fsp3) is 0.400. The van der Waals surface area contributed by atoms with Gasteiger partial charge in [0.25, 0.3) is 0 Å². The average Bonchev–Trinajstić information content (AvgIpc) is 2.96. The molecule has 0 aliphatic carbocycles. The molecule has 1 aliphatic rings. The Labute approximate surface area is 126 Å². The third-order valence-corrected chi connectivity index (χ3v) is 5.57. The van der Waals surface area contributed by atoms with Crippen LogP contribution in [0.4, 0.5) is 0 Å². The first-order valence-electron chi connectivity index (χ1n) is 5.65. The molecule has 1 fully saturated rings. The largest absolute Gasteiger partial charge is 0.390 e. The van der Waals surface area contributed by atoms with E-state index in [2.05, 4.69) is 8.75 Å². The fourth-order valence-electron chi connectivity index (χ4n) is 2.10. The van der Waals surface area contributed by atoms with Gasteiger partial charge in [-0.2, -0.15) is 13.1 Å². The lowest BCUT2D eigenvalue weighted by atomic mass is 10.2. The van der Waals surface area contributed by atoms with Crippen molar-refractivity contribution in [3.63, 3.8) is 0 Å². The summed E-state index contributed by atoms with van der Waals surface area (Å²) in [6.45, 7) is 0.120. The van der Waals surface area contributed by atoms with Crippen LogP contribution in [-0.2, 0) is 10.0 Å². The van der Waals surface area contributed by atoms with E-state index < -0.39 is 22.2 Å². The van der Waals surface area contributed by atoms with Crippen molar-refractivity contribution in [2.45, 2.75) is 17.0 Å². The molecule has 3 N–H and O–H groups in total. The Bertz CT molecular complexity index is 710. The molecule has 1 aliphatic heterocycles. The number of rotatable bonds is 2. The number of nitrogens with zero attached hydrogens (tertiary/aromatic N) is 3. The summed E-state index contributed by atoms with van der Waals surface area (Å²) in [6.07, 6.45) is -0.831. The maximum atomic E-state index is 12.5. The van der Waals surface area contributed by atoms with Gasteiger partial charge in [-0.25, -0.2) is 8.42 Å². The quantitative estimate of drug-likeness (QED) is 0.786. The van der Waals surface area contributed by atoms with Crippen LogP contribution in [0.25, 0.3) is 11.0 Å². The van der Waals surface area contributed by atoms with Crippen molar-refractivity contribution in [3.05, 3.63) is 18.2 Å². The van der Waals surface area contributed by atoms with Crippen LogP contribution in [0.5, 0.6) is 0 Å². The lowest BCUT2D eigenvalue weighted by Gasteiger charge is -2.15. The third-order valence-electron chi connectivity index (χ3n) is 3.17. The Kier molecular flexibility index (Phi) is 4.28. The molecule has 0 amide bonds. The van der Waals surface area contributed by atoms with E-state index in [1.165, 1.54) is 10.4 Å². The maximum Gasteiger partial charge on any atom is 0.245 e. The molecule has 2 atom stereocenters. The number of hydrogen-bond acceptors (Lipinski definition) is 7. The molecule has 0 radical (unpaired) electrons. The molecule has 1 aromatic heterocycles. The number of aromatic nitrogens is 2. The summed E-state index contributed by atoms with van der Waals surface area (Å²) in [5, 5.41) is 9.59. The molecule has 110 valence electrons. The van der Waals surface area contributed by atoms with Gasteiger partial charge in [0.2, 0.25) is 10.0 Å². The number of fused-ring (bicyclic) bond motifs is 1. The molecule has 0 spiro atoms. The normalized spacial score (nSPS) is 23.9. The molecule has 2 heterocycles. The Morgan fingerprint density at radius 3 is 2.75 bits per heavy atom. The molecule has 0 bridgehead atoms. The minimum atomic E-state index is -3.70. The predicted molar refractivity (Wildman–Crippen MR) is 77.4 cm³/mol. The SMILES string of the molecule is Cl.N[C@@H]1CN(S(=O)(=O)c2cccc3nsnc23)C[C@H]1O. The van der Waals surface area contributed by atoms with Gasteiger partial charge in [0.15, 0.2) is 0 Å². The average molecular weight is 337 g/mol. The number of sulfonamides is 1. The smallest absolute Gasteiger partial charge is 0.245 e. The number of aliphatic hydroxyl groups excluding tert-OH is 1. The summed E-state index contributed by atoms with van der Waals surface area (Å²) in [5.41, 5.74) is 6.57. The highest BCUT2D eigenvalue weighted by atomic mass is 35.5. The van der Waals surface area contributed by atoms with Gasteiger partial charge < -0.3 is 10.8 Å². The lowest BCUT2D eigenvalue weighted by molar-refractivity contribution is 0.174. The second kappa shape index (κ2) is 5.51. The number of benzene rings is 1. The molecule has 1 saturated heterocycles. The first kappa shape index (κ1) is 15.5. The zero-order valence-electron chi connectivity index (χ0n) is 10.2. The Balaban J connectivity index is 0.00000147. The van der Waals surface area contributed by atoms with Crippen molar-refractivity contribution in [2.75, 3.05) is 13.1 Å². The summed E-state index contributed by atoms with van der Waals surface area (Å²) in [5.74, 6) is 0. The fourth-order valence-corrected chi connectivity index (χ4v) is 4.35. The Morgan fingerprint density at radius 1 is 1.35 bits per heavy atom. The van der Waals surface area contributed by atoms with Crippen LogP contribution in [0.2, 0.25) is 0 Å². The highest BCUT2D eigenvalue weighted by Gasteiger charge is 2.37. The van der Waals surface area contributed by atoms with Crippen molar-refractivity contribution in [2.24, 2.45) is 5.73 Å². The highest BCUT2D eigenvalue weighted by Crippen LogP contribution is 2.26. The van der Waals surface area contributed by atoms with Crippen LogP contribution < -0.4 is 5.73 Å². The Hall–Kier alpha value is -0.840. The molecule has 20 heavy (non-hydrogen) atoms. The molecule has 7 nitrogen and oxygen atoms in total. The van der Waals surface area contributed by atoms with Gasteiger partial charge in [0.1, 0.15) is 15.9 Å². The first-order valence-corrected chi connectivity index (χ1v) is 7.82. The molecule has 2 aromatic rings. The van der Waals surface area contributed by atoms with Crippen LogP contribution in [0.3, 0.4) is 0 Å². The van der Waals surface area contributed by atoms with E-state index in [4.69, 9.17) is 5.73 Å². The molecular formula is C10H13ClN4O3S2. The van der Waals surface area contributed by atoms with Gasteiger partial charge >= 0.3 is 0 Å². The van der Waals surface area contributed by atoms with E-state index in [-0.39, 0.29) is 30.4 Å². The van der Waals surface area contributed by atoms with Gasteiger partial charge in [0, 0.05) is 19.1 Å². The molecular weight excluding hydrogens is 324 g/mol. The number of hydrogen-bond donors (Lipinski definition) is 2. The third kappa shape index (κ3) is 2.41. The number of nitrogens with two attached hydrogens (primary N) is 1. The monoisotopic (exact) mass is 336 g/mol. The number of aliphatic hydroxyl groups is 1. The molecule has 0 saturated carbocycles. The van der Waals surface area contributed by atoms with Gasteiger partial charge in [-0.1, -0.05) is 6.07 Å². The van der Waals surface area contributed by atoms with Crippen molar-refractivity contribution in [1.29, 1.82) is 0 Å². The summed E-state index contributed by atoms with van der Waals surface area (Å²) >= 11 is 0.970. The highest BCUT2D eigenvalue weighted by molar-refractivity contribution is 7.89. The van der Waals surface area contributed by atoms with Gasteiger partial charge in [-0.15, -0.1) is 12.4 Å². The second-order valence-electron chi connectivity index (χ2n) is 4.44. The predicted octanol–water partition coefficient (Wildman–Crippen LogP) is -0.194. The summed E-state index contributed by atoms with van der Waals surface area (Å²) in [4.78, 5) is 0.111. The van der Waals surface area contributed by atoms with Crippen molar-refractivity contribution < 1.29 is 13.5 Å². The topological polar surface area (TPSA) is 109 Å². The summed E-state index contributed by atoms with van der Waals surface area (Å²) < 4.78 is 34.3. The van der Waals surface area contributed by atoms with E-state index in [0.717, 1.165) is 11.7 Å². The molecule has 10 heteroatoms. The molecule has 3 rings (SSSR count). The van der Waals surface area contributed by atoms with E-state index in [9.17, 15) is 13.5 Å². The van der Waals surface area contributed by atoms with Gasteiger partial charge in [-0.3, -0.25) is 0 Å². The Morgan fingerprint density at radius 2 is 2.10 bits per heavy atom. The maximum absolute atomic E-state index is 12.5. The van der Waals surface area contributed by atoms with Crippen LogP contribution in [-0.4, -0.2) is 51.8 Å². The number of β-amino-alcohol motifs (C(OH)–C–C–N with tert-alkyl or cyclic N) is 1. The standard InChI is InChI=1S/C10H12N4O3S2.ClH/c11-6-4-14(5-8(6)15)19(16,17)9-3-1-2-7-10(9)13-18-12-7;/h1-3,6,8,15H,4-5,11H2;1H/t6-,8-;/m1./s1. The molecule has 1 aromatic carbocycles. The lowest BCUT2D eigenvalue weighted by Crippen LogP contribution is -2.33. The molecule has 0 unspecified atom stereocenters. The van der Waals surface area contributed by atoms with Crippen molar-refractivity contribution in [3.8, 4) is 0 Å². The van der Waals surface area contributed by atoms with Crippen LogP contribution in [0.15, 0.2) is 23.1 Å². The van der Waals surface area contributed by atoms with E-state index in [0.29, 0.717) is 11.0 Å². The van der Waals surface area contributed by atoms with Gasteiger partial charge in [-0.05, 0) is 12.1 Å². The number of halogens is 1. The van der Waals surface area contributed by atoms with Crippen molar-refractivity contribution >= 4 is 45.2 Å². The second-order valence-corrected chi connectivity index (χ2v) is 6.88. The van der Waals surface area contributed by atoms with E-state index in [1.807, 2.05) is 0 Å². The van der Waals surface area contributed by atoms with Crippen LogP contribution >= 0.6 is 24.1 Å². The minimum Gasteiger partial charge on any atom is -0.390 e. The van der Waals surface area contributed by atoms with E-state index >= 15 is 0 Å². The van der Waals surface area contributed by atoms with Crippen LogP contribution in [0, 0.1) is 0 Å². The summed E-state index contributed by atoms with van der Waals surface area (Å²) in [6, 6.07) is 4.28. The van der Waals surface area contributed by atoms with Crippen LogP contribution in [0.1, 0.15) is 0 Å². The summed E-state index contributed by atoms with van der Waals surface area (Å²) in [7, 11) is -3.70. The van der Waals surface area contributed by atoms with Gasteiger partial charge in [0.05, 0.1) is 17.8 Å². The van der Waals surface area contributed by atoms with E-state index in [1.54, 1.807) is 12.1 Å².